The third-order valence-corrected chi connectivity index (χ3v) is 22.6. The van der Waals surface area contributed by atoms with Crippen LogP contribution in [-0.2, 0) is 52.2 Å². The molecule has 0 spiro atoms. The SMILES string of the molecule is CC=C(C)C(=O)O[C@H]1CC(C)(C)C[C@H]2C3=CC[C@@H]4[C@@]5(C)CC[C@H](O[C@@H]6O[C@H](C(=O)O)[C@@H](O)[C@H](O[C@@H]7O[C@H](CO)[C@H](O)[C@H](O)[C@H]7O[C@@H]7O[C@@H](C)[C@H](O)[C@@H](O)[C@H]7O)[C@H]6O[C@@H]6O[C@H](CO)[C@@H](O)[C@H](O)[C@H]6O)C(C)(C)[C@@H]5CC[C@@]4(C)[C@]3(C)[C@@H](O)[C@@H](O)[C@@]12CO. The predicted molar refractivity (Wildman–Crippen MR) is 289 cm³/mol. The van der Waals surface area contributed by atoms with Crippen LogP contribution >= 0.6 is 0 Å². The smallest absolute Gasteiger partial charge is 0.335 e. The number of hydrogen-bond donors (Lipinski definition) is 15. The van der Waals surface area contributed by atoms with Crippen LogP contribution in [0.3, 0.4) is 0 Å². The zero-order chi connectivity index (χ0) is 62.7. The van der Waals surface area contributed by atoms with E-state index < -0.39 is 217 Å². The van der Waals surface area contributed by atoms with Gasteiger partial charge in [-0.25, -0.2) is 9.59 Å². The number of rotatable bonds is 14. The van der Waals surface area contributed by atoms with Crippen LogP contribution < -0.4 is 0 Å². The van der Waals surface area contributed by atoms with Crippen molar-refractivity contribution in [1.82, 2.24) is 0 Å². The summed E-state index contributed by atoms with van der Waals surface area (Å²) in [5.74, 6) is -3.08. The standard InChI is InChI=1S/C59H94O26/c1-11-23(2)49(76)80-32-19-54(4,5)18-26-25-12-13-30-56(8)16-15-31(55(6,7)29(56)14-17-57(30,9)58(25,10)46(72)47(73)59(26,32)22-62)81-53-45(85-51-40(70)37(67)34(64)27(20-60)78-51)42(41(71)43(83-53)48(74)75)82-52-44(38(68)35(65)28(21-61)79-52)84-50-39(69)36(66)33(63)24(3)77-50/h11-12,24,26-47,50-53,60-73H,13-22H2,1-10H3,(H,74,75)/t24-,26-,27+,28+,29-,30+,31-,32-,33-,34+,35-,36+,37-,38-,39+,40+,41-,42-,43-,44+,45+,46-,47+,50-,51-,52-,53+,56-,57+,58-,59+/m0/s1. The molecule has 0 radical (unpaired) electrons. The Morgan fingerprint density at radius 1 is 0.612 bits per heavy atom. The Kier molecular flexibility index (Phi) is 19.1. The quantitative estimate of drug-likeness (QED) is 0.0387. The minimum absolute atomic E-state index is 0.129. The van der Waals surface area contributed by atoms with E-state index in [-0.39, 0.29) is 18.3 Å². The highest BCUT2D eigenvalue weighted by Gasteiger charge is 2.75. The van der Waals surface area contributed by atoms with E-state index in [9.17, 15) is 86.2 Å². The van der Waals surface area contributed by atoms with Gasteiger partial charge < -0.3 is 119 Å². The molecule has 0 amide bonds. The normalized spacial score (nSPS) is 52.4. The molecule has 4 saturated heterocycles. The fourth-order valence-electron chi connectivity index (χ4n) is 17.3. The summed E-state index contributed by atoms with van der Waals surface area (Å²) >= 11 is 0. The van der Waals surface area contributed by atoms with Crippen LogP contribution in [0.15, 0.2) is 23.3 Å². The van der Waals surface area contributed by atoms with E-state index in [4.69, 9.17) is 42.6 Å². The van der Waals surface area contributed by atoms with E-state index in [1.807, 2.05) is 20.8 Å². The van der Waals surface area contributed by atoms with Gasteiger partial charge in [-0.05, 0) is 105 Å². The minimum Gasteiger partial charge on any atom is -0.479 e. The summed E-state index contributed by atoms with van der Waals surface area (Å²) in [4.78, 5) is 26.7. The van der Waals surface area contributed by atoms with E-state index in [1.165, 1.54) is 6.92 Å². The molecule has 26 heteroatoms. The third kappa shape index (κ3) is 10.8. The van der Waals surface area contributed by atoms with Gasteiger partial charge in [0.05, 0.1) is 49.7 Å². The number of carboxylic acids is 1. The molecule has 8 fully saturated rings. The molecule has 0 aromatic rings. The minimum atomic E-state index is -2.29. The van der Waals surface area contributed by atoms with E-state index in [1.54, 1.807) is 19.9 Å². The lowest BCUT2D eigenvalue weighted by atomic mass is 9.32. The Morgan fingerprint density at radius 2 is 1.18 bits per heavy atom. The first-order valence-electron chi connectivity index (χ1n) is 30.0. The molecule has 85 heavy (non-hydrogen) atoms. The van der Waals surface area contributed by atoms with Crippen molar-refractivity contribution in [2.75, 3.05) is 19.8 Å². The van der Waals surface area contributed by atoms with Crippen LogP contribution in [0.2, 0.25) is 0 Å². The number of esters is 1. The summed E-state index contributed by atoms with van der Waals surface area (Å²) in [5, 5.41) is 168. The molecule has 9 aliphatic rings. The second-order valence-corrected chi connectivity index (χ2v) is 27.9. The molecule has 4 heterocycles. The monoisotopic (exact) mass is 1220 g/mol. The third-order valence-electron chi connectivity index (χ3n) is 22.6. The molecular formula is C59H94O26. The van der Waals surface area contributed by atoms with Gasteiger partial charge in [-0.15, -0.1) is 0 Å². The number of allylic oxidation sites excluding steroid dienone is 2. The van der Waals surface area contributed by atoms with E-state index in [0.29, 0.717) is 44.1 Å². The molecule has 0 unspecified atom stereocenters. The fourth-order valence-corrected chi connectivity index (χ4v) is 17.3. The number of carbonyl (C=O) groups excluding carboxylic acids is 1. The Balaban J connectivity index is 1.05. The molecule has 31 atom stereocenters. The summed E-state index contributed by atoms with van der Waals surface area (Å²) < 4.78 is 55.3. The lowest BCUT2D eigenvalue weighted by molar-refractivity contribution is -0.406. The number of fused-ring (bicyclic) bond motifs is 7. The van der Waals surface area contributed by atoms with E-state index in [2.05, 4.69) is 33.8 Å². The molecule has 4 saturated carbocycles. The fraction of sp³-hybridized carbons (Fsp3) is 0.898. The van der Waals surface area contributed by atoms with Gasteiger partial charge in [-0.1, -0.05) is 66.2 Å². The molecule has 0 bridgehead atoms. The zero-order valence-electron chi connectivity index (χ0n) is 50.0. The Bertz CT molecular complexity index is 2460. The molecule has 486 valence electrons. The largest absolute Gasteiger partial charge is 0.479 e. The van der Waals surface area contributed by atoms with Crippen molar-refractivity contribution in [3.63, 3.8) is 0 Å². The highest BCUT2D eigenvalue weighted by atomic mass is 16.8. The first-order valence-corrected chi connectivity index (χ1v) is 30.0. The number of aliphatic hydroxyl groups excluding tert-OH is 14. The van der Waals surface area contributed by atoms with E-state index in [0.717, 1.165) is 5.57 Å². The number of aliphatic carboxylic acids is 1. The maximum Gasteiger partial charge on any atom is 0.335 e. The summed E-state index contributed by atoms with van der Waals surface area (Å²) in [6, 6.07) is 0. The first kappa shape index (κ1) is 66.9. The molecule has 5 aliphatic carbocycles. The highest BCUT2D eigenvalue weighted by Crippen LogP contribution is 2.76. The maximum absolute atomic E-state index is 13.5. The maximum atomic E-state index is 13.5. The van der Waals surface area contributed by atoms with Crippen molar-refractivity contribution in [2.45, 2.75) is 261 Å². The van der Waals surface area contributed by atoms with Crippen molar-refractivity contribution >= 4 is 11.9 Å². The molecule has 0 aromatic heterocycles. The highest BCUT2D eigenvalue weighted by molar-refractivity contribution is 5.87. The van der Waals surface area contributed by atoms with Crippen molar-refractivity contribution in [2.24, 2.45) is 50.2 Å². The summed E-state index contributed by atoms with van der Waals surface area (Å²) in [5.41, 5.74) is -3.59. The predicted octanol–water partition coefficient (Wildman–Crippen LogP) is -2.01. The van der Waals surface area contributed by atoms with Gasteiger partial charge in [0.1, 0.15) is 91.6 Å². The van der Waals surface area contributed by atoms with Crippen molar-refractivity contribution in [1.29, 1.82) is 0 Å². The Labute approximate surface area is 494 Å². The van der Waals surface area contributed by atoms with Crippen LogP contribution in [0.4, 0.5) is 0 Å². The second-order valence-electron chi connectivity index (χ2n) is 27.9. The average Bonchev–Trinajstić information content (AvgIpc) is 0.703. The molecule has 26 nitrogen and oxygen atoms in total. The van der Waals surface area contributed by atoms with Crippen LogP contribution in [0, 0.1) is 50.2 Å². The van der Waals surface area contributed by atoms with Crippen LogP contribution in [0.1, 0.15) is 114 Å². The van der Waals surface area contributed by atoms with Gasteiger partial charge in [0.2, 0.25) is 0 Å². The molecule has 9 rings (SSSR count). The second kappa shape index (κ2) is 24.3. The number of carbonyl (C=O) groups is 2. The van der Waals surface area contributed by atoms with Gasteiger partial charge in [0, 0.05) is 11.0 Å². The van der Waals surface area contributed by atoms with Crippen LogP contribution in [0.5, 0.6) is 0 Å². The first-order chi connectivity index (χ1) is 39.7. The number of carboxylic acid groups (broad SMARTS) is 1. The van der Waals surface area contributed by atoms with Crippen LogP contribution in [-0.4, -0.2) is 256 Å². The average molecular weight is 1220 g/mol. The van der Waals surface area contributed by atoms with Gasteiger partial charge in [-0.2, -0.15) is 0 Å². The van der Waals surface area contributed by atoms with E-state index >= 15 is 0 Å². The molecule has 4 aliphatic heterocycles. The van der Waals surface area contributed by atoms with Gasteiger partial charge in [-0.3, -0.25) is 0 Å². The van der Waals surface area contributed by atoms with Crippen molar-refractivity contribution < 1.29 is 129 Å². The number of aliphatic hydroxyl groups is 14. The Morgan fingerprint density at radius 3 is 1.78 bits per heavy atom. The number of ether oxygens (including phenoxy) is 9. The van der Waals surface area contributed by atoms with Gasteiger partial charge in [0.15, 0.2) is 31.3 Å². The summed E-state index contributed by atoms with van der Waals surface area (Å²) in [7, 11) is 0. The summed E-state index contributed by atoms with van der Waals surface area (Å²) in [6.07, 6.45) is -35.6. The van der Waals surface area contributed by atoms with Crippen LogP contribution in [0.25, 0.3) is 0 Å². The Hall–Kier alpha value is -2.46. The summed E-state index contributed by atoms with van der Waals surface area (Å²) in [6.45, 7) is 16.9. The van der Waals surface area contributed by atoms with Crippen molar-refractivity contribution in [3.05, 3.63) is 23.3 Å². The molecule has 0 aromatic carbocycles. The molecule has 15 N–H and O–H groups in total. The zero-order valence-corrected chi connectivity index (χ0v) is 50.0. The van der Waals surface area contributed by atoms with Crippen molar-refractivity contribution in [3.8, 4) is 0 Å². The van der Waals surface area contributed by atoms with Gasteiger partial charge in [0.25, 0.3) is 0 Å². The topological polar surface area (TPSA) is 421 Å². The number of hydrogen-bond acceptors (Lipinski definition) is 25. The lowest BCUT2D eigenvalue weighted by Gasteiger charge is -2.73. The lowest BCUT2D eigenvalue weighted by Crippen LogP contribution is -2.74. The van der Waals surface area contributed by atoms with Gasteiger partial charge >= 0.3 is 11.9 Å². The molecular weight excluding hydrogens is 1120 g/mol.